The number of carbonyl (C=O) groups excluding carboxylic acids is 3. The summed E-state index contributed by atoms with van der Waals surface area (Å²) in [6, 6.07) is 10.7. The van der Waals surface area contributed by atoms with Crippen LogP contribution in [0.15, 0.2) is 54.6 Å². The van der Waals surface area contributed by atoms with Crippen LogP contribution in [0.5, 0.6) is 5.75 Å². The molecule has 4 amide bonds. The Hall–Kier alpha value is -3.94. The Balaban J connectivity index is 1.54. The van der Waals surface area contributed by atoms with Crippen LogP contribution in [-0.2, 0) is 16.0 Å². The van der Waals surface area contributed by atoms with Crippen molar-refractivity contribution in [3.8, 4) is 5.75 Å². The Morgan fingerprint density at radius 2 is 1.97 bits per heavy atom. The van der Waals surface area contributed by atoms with E-state index < -0.39 is 29.6 Å². The minimum absolute atomic E-state index is 0.117. The second kappa shape index (κ2) is 9.91. The van der Waals surface area contributed by atoms with Gasteiger partial charge in [-0.25, -0.2) is 9.18 Å². The summed E-state index contributed by atoms with van der Waals surface area (Å²) >= 11 is 0. The molecule has 1 aliphatic carbocycles. The molecule has 0 spiro atoms. The van der Waals surface area contributed by atoms with Crippen LogP contribution < -0.4 is 15.4 Å². The monoisotopic (exact) mass is 463 g/mol. The SMILES string of the molecule is C/C=C(/NC(=O)N1CC(=O)NCC(Cc2cc(C3=CC3)ccc2OC)C1=O)c1ccc(F)cc1. The zero-order valence-electron chi connectivity index (χ0n) is 19.1. The van der Waals surface area contributed by atoms with E-state index in [1.54, 1.807) is 20.1 Å². The van der Waals surface area contributed by atoms with Crippen molar-refractivity contribution >= 4 is 29.1 Å². The highest BCUT2D eigenvalue weighted by Crippen LogP contribution is 2.34. The van der Waals surface area contributed by atoms with Crippen LogP contribution in [0.25, 0.3) is 11.3 Å². The van der Waals surface area contributed by atoms with Gasteiger partial charge in [0.15, 0.2) is 0 Å². The summed E-state index contributed by atoms with van der Waals surface area (Å²) < 4.78 is 18.8. The fourth-order valence-electron chi connectivity index (χ4n) is 3.97. The van der Waals surface area contributed by atoms with Crippen LogP contribution in [0.2, 0.25) is 0 Å². The Morgan fingerprint density at radius 1 is 1.24 bits per heavy atom. The van der Waals surface area contributed by atoms with Gasteiger partial charge in [-0.2, -0.15) is 0 Å². The number of methoxy groups -OCH3 is 1. The van der Waals surface area contributed by atoms with Crippen molar-refractivity contribution in [3.05, 3.63) is 77.1 Å². The predicted molar refractivity (Wildman–Crippen MR) is 126 cm³/mol. The number of hydrogen-bond donors (Lipinski definition) is 2. The van der Waals surface area contributed by atoms with Crippen molar-refractivity contribution < 1.29 is 23.5 Å². The van der Waals surface area contributed by atoms with Gasteiger partial charge in [-0.15, -0.1) is 0 Å². The van der Waals surface area contributed by atoms with E-state index in [0.717, 1.165) is 22.4 Å². The van der Waals surface area contributed by atoms with Crippen LogP contribution in [0, 0.1) is 11.7 Å². The number of imide groups is 1. The number of halogens is 1. The summed E-state index contributed by atoms with van der Waals surface area (Å²) in [7, 11) is 1.57. The predicted octanol–water partition coefficient (Wildman–Crippen LogP) is 3.51. The molecule has 7 nitrogen and oxygen atoms in total. The van der Waals surface area contributed by atoms with E-state index >= 15 is 0 Å². The Labute approximate surface area is 197 Å². The first-order chi connectivity index (χ1) is 16.4. The maximum absolute atomic E-state index is 13.4. The lowest BCUT2D eigenvalue weighted by Gasteiger charge is -2.23. The molecule has 8 heteroatoms. The molecule has 0 aromatic heterocycles. The molecule has 2 N–H and O–H groups in total. The number of amides is 4. The third-order valence-corrected chi connectivity index (χ3v) is 5.92. The highest BCUT2D eigenvalue weighted by atomic mass is 19.1. The van der Waals surface area contributed by atoms with Crippen molar-refractivity contribution in [2.45, 2.75) is 19.8 Å². The van der Waals surface area contributed by atoms with Crippen LogP contribution in [0.1, 0.15) is 30.0 Å². The molecular formula is C26H26FN3O4. The lowest BCUT2D eigenvalue weighted by atomic mass is 9.95. The Kier molecular flexibility index (Phi) is 6.77. The van der Waals surface area contributed by atoms with Crippen molar-refractivity contribution in [1.82, 2.24) is 15.5 Å². The molecule has 34 heavy (non-hydrogen) atoms. The number of rotatable bonds is 6. The van der Waals surface area contributed by atoms with Gasteiger partial charge in [0.05, 0.1) is 13.0 Å². The number of benzene rings is 2. The average molecular weight is 464 g/mol. The molecule has 4 rings (SSSR count). The molecule has 0 radical (unpaired) electrons. The van der Waals surface area contributed by atoms with Crippen molar-refractivity contribution in [2.24, 2.45) is 5.92 Å². The minimum atomic E-state index is -0.715. The summed E-state index contributed by atoms with van der Waals surface area (Å²) in [6.45, 7) is 1.45. The molecule has 1 unspecified atom stereocenters. The average Bonchev–Trinajstić information content (AvgIpc) is 3.69. The largest absolute Gasteiger partial charge is 0.496 e. The Morgan fingerprint density at radius 3 is 2.62 bits per heavy atom. The fourth-order valence-corrected chi connectivity index (χ4v) is 3.97. The van der Waals surface area contributed by atoms with E-state index in [1.807, 2.05) is 18.2 Å². The number of urea groups is 1. The van der Waals surface area contributed by atoms with Crippen molar-refractivity contribution in [1.29, 1.82) is 0 Å². The van der Waals surface area contributed by atoms with Crippen molar-refractivity contribution in [2.75, 3.05) is 20.2 Å². The molecular weight excluding hydrogens is 437 g/mol. The van der Waals surface area contributed by atoms with Crippen LogP contribution >= 0.6 is 0 Å². The second-order valence-corrected chi connectivity index (χ2v) is 8.23. The molecule has 0 saturated carbocycles. The van der Waals surface area contributed by atoms with Gasteiger partial charge < -0.3 is 15.4 Å². The maximum atomic E-state index is 13.4. The summed E-state index contributed by atoms with van der Waals surface area (Å²) in [4.78, 5) is 39.7. The minimum Gasteiger partial charge on any atom is -0.496 e. The van der Waals surface area contributed by atoms with Gasteiger partial charge >= 0.3 is 6.03 Å². The smallest absolute Gasteiger partial charge is 0.329 e. The molecule has 2 aromatic rings. The highest BCUT2D eigenvalue weighted by molar-refractivity contribution is 6.03. The normalized spacial score (nSPS) is 18.1. The number of hydrogen-bond acceptors (Lipinski definition) is 4. The van der Waals surface area contributed by atoms with E-state index in [1.165, 1.54) is 29.8 Å². The number of nitrogens with one attached hydrogen (secondary N) is 2. The van der Waals surface area contributed by atoms with Crippen LogP contribution in [0.3, 0.4) is 0 Å². The number of allylic oxidation sites excluding steroid dienone is 3. The quantitative estimate of drug-likeness (QED) is 0.686. The third-order valence-electron chi connectivity index (χ3n) is 5.92. The molecule has 1 saturated heterocycles. The molecule has 176 valence electrons. The highest BCUT2D eigenvalue weighted by Gasteiger charge is 2.35. The van der Waals surface area contributed by atoms with Gasteiger partial charge in [-0.3, -0.25) is 14.5 Å². The molecule has 2 aromatic carbocycles. The first-order valence-corrected chi connectivity index (χ1v) is 11.1. The molecule has 1 aliphatic heterocycles. The number of ether oxygens (including phenoxy) is 1. The van der Waals surface area contributed by atoms with Gasteiger partial charge in [0.2, 0.25) is 11.8 Å². The maximum Gasteiger partial charge on any atom is 0.329 e. The molecule has 1 atom stereocenters. The lowest BCUT2D eigenvalue weighted by molar-refractivity contribution is -0.133. The van der Waals surface area contributed by atoms with Gasteiger partial charge in [-0.1, -0.05) is 18.2 Å². The second-order valence-electron chi connectivity index (χ2n) is 8.23. The molecule has 2 aliphatic rings. The van der Waals surface area contributed by atoms with Gasteiger partial charge in [0.1, 0.15) is 18.1 Å². The van der Waals surface area contributed by atoms with E-state index in [4.69, 9.17) is 4.74 Å². The van der Waals surface area contributed by atoms with E-state index in [2.05, 4.69) is 16.7 Å². The number of nitrogens with zero attached hydrogens (tertiary/aromatic N) is 1. The zero-order chi connectivity index (χ0) is 24.2. The zero-order valence-corrected chi connectivity index (χ0v) is 19.1. The van der Waals surface area contributed by atoms with E-state index in [0.29, 0.717) is 23.4 Å². The Bertz CT molecular complexity index is 1190. The first kappa shape index (κ1) is 23.2. The van der Waals surface area contributed by atoms with Gasteiger partial charge in [-0.05, 0) is 78.4 Å². The summed E-state index contributed by atoms with van der Waals surface area (Å²) in [5.41, 5.74) is 4.14. The lowest BCUT2D eigenvalue weighted by Crippen LogP contribution is -2.47. The molecule has 1 fully saturated rings. The first-order valence-electron chi connectivity index (χ1n) is 11.1. The summed E-state index contributed by atoms with van der Waals surface area (Å²) in [6.07, 6.45) is 5.02. The summed E-state index contributed by atoms with van der Waals surface area (Å²) in [5, 5.41) is 5.42. The molecule has 0 bridgehead atoms. The van der Waals surface area contributed by atoms with Gasteiger partial charge in [0.25, 0.3) is 0 Å². The topological polar surface area (TPSA) is 87.7 Å². The van der Waals surface area contributed by atoms with E-state index in [9.17, 15) is 18.8 Å². The van der Waals surface area contributed by atoms with E-state index in [-0.39, 0.29) is 13.1 Å². The third kappa shape index (κ3) is 5.17. The standard InChI is InChI=1S/C26H26FN3O4/c1-3-22(17-6-9-21(27)10-7-17)29-26(33)30-15-24(31)28-14-20(25(30)32)13-19-12-18(16-4-5-16)8-11-23(19)34-2/h3-4,6-12,20H,5,13-15H2,1-2H3,(H,28,31)(H,29,33)/b22-3+. The van der Waals surface area contributed by atoms with Crippen molar-refractivity contribution in [3.63, 3.8) is 0 Å². The van der Waals surface area contributed by atoms with Crippen LogP contribution in [0.4, 0.5) is 9.18 Å². The number of carbonyl (C=O) groups is 3. The fraction of sp³-hybridized carbons (Fsp3) is 0.269. The van der Waals surface area contributed by atoms with Crippen LogP contribution in [-0.4, -0.2) is 42.9 Å². The summed E-state index contributed by atoms with van der Waals surface area (Å²) in [5.74, 6) is -1.27. The van der Waals surface area contributed by atoms with Gasteiger partial charge in [0, 0.05) is 12.2 Å². The molecule has 1 heterocycles.